The number of aldehydes is 1. The normalized spacial score (nSPS) is 15.1. The predicted octanol–water partition coefficient (Wildman–Crippen LogP) is 4.16. The lowest BCUT2D eigenvalue weighted by molar-refractivity contribution is 0.112. The second kappa shape index (κ2) is 6.17. The zero-order valence-corrected chi connectivity index (χ0v) is 15.1. The van der Waals surface area contributed by atoms with Gasteiger partial charge in [0, 0.05) is 34.6 Å². The second-order valence-corrected chi connectivity index (χ2v) is 7.02. The van der Waals surface area contributed by atoms with Crippen molar-refractivity contribution in [3.8, 4) is 0 Å². The molecule has 0 atom stereocenters. The molecule has 0 fully saturated rings. The molecule has 4 heteroatoms. The van der Waals surface area contributed by atoms with Gasteiger partial charge in [0.15, 0.2) is 0 Å². The maximum absolute atomic E-state index is 11.0. The number of aryl methyl sites for hydroxylation is 1. The average molecular weight is 349 g/mol. The van der Waals surface area contributed by atoms with Crippen molar-refractivity contribution in [1.82, 2.24) is 9.29 Å². The number of nitrogens with zero attached hydrogens (tertiary/aromatic N) is 2. The van der Waals surface area contributed by atoms with Crippen molar-refractivity contribution in [1.29, 1.82) is 0 Å². The van der Waals surface area contributed by atoms with E-state index in [1.165, 1.54) is 33.7 Å². The quantitative estimate of drug-likeness (QED) is 0.524. The Morgan fingerprint density at radius 2 is 1.70 bits per heavy atom. The molecule has 5 rings (SSSR count). The molecule has 1 aromatic heterocycles. The summed E-state index contributed by atoms with van der Waals surface area (Å²) >= 11 is 0. The van der Waals surface area contributed by atoms with Crippen molar-refractivity contribution >= 4 is 25.0 Å². The van der Waals surface area contributed by atoms with E-state index in [0.29, 0.717) is 5.56 Å². The van der Waals surface area contributed by atoms with Crippen LogP contribution in [0.1, 0.15) is 32.7 Å². The van der Waals surface area contributed by atoms with Crippen LogP contribution in [0.25, 0.3) is 11.1 Å². The first kappa shape index (κ1) is 15.9. The van der Waals surface area contributed by atoms with Crippen molar-refractivity contribution in [2.24, 2.45) is 0 Å². The lowest BCUT2D eigenvalue weighted by atomic mass is 9.88. The van der Waals surface area contributed by atoms with Crippen LogP contribution in [0.2, 0.25) is 0 Å². The third-order valence-electron chi connectivity index (χ3n) is 5.27. The van der Waals surface area contributed by atoms with Gasteiger partial charge in [-0.15, -0.1) is 0 Å². The summed E-state index contributed by atoms with van der Waals surface area (Å²) in [6.07, 6.45) is 5.25. The SMILES string of the molecule is Cc1ccc(C2=C3C(c4ccc(C=O)cc4)=CCN3[B]n3cccc32)cc1. The van der Waals surface area contributed by atoms with E-state index in [1.807, 2.05) is 24.3 Å². The molecule has 0 bridgehead atoms. The summed E-state index contributed by atoms with van der Waals surface area (Å²) in [7, 11) is 2.16. The Bertz CT molecular complexity index is 1090. The molecule has 3 heterocycles. The molecule has 3 aromatic rings. The topological polar surface area (TPSA) is 25.2 Å². The zero-order valence-electron chi connectivity index (χ0n) is 15.1. The standard InChI is InChI=1S/C23H18BN2O/c1-16-4-8-19(9-5-16)22-21-3-2-13-25(21)24-26-14-12-20(23(22)26)18-10-6-17(15-27)7-11-18/h2-13,15H,14H2,1H3. The van der Waals surface area contributed by atoms with Crippen LogP contribution in [0.5, 0.6) is 0 Å². The number of rotatable bonds is 3. The van der Waals surface area contributed by atoms with Gasteiger partial charge in [0.25, 0.3) is 0 Å². The van der Waals surface area contributed by atoms with Gasteiger partial charge in [-0.2, -0.15) is 0 Å². The first-order valence-electron chi connectivity index (χ1n) is 9.11. The highest BCUT2D eigenvalue weighted by atomic mass is 16.1. The maximum Gasteiger partial charge on any atom is 0.396 e. The molecule has 2 aliphatic rings. The summed E-state index contributed by atoms with van der Waals surface area (Å²) in [5.41, 5.74) is 9.18. The van der Waals surface area contributed by atoms with Gasteiger partial charge in [-0.3, -0.25) is 4.79 Å². The van der Waals surface area contributed by atoms with E-state index >= 15 is 0 Å². The van der Waals surface area contributed by atoms with E-state index in [1.54, 1.807) is 0 Å². The van der Waals surface area contributed by atoms with Crippen LogP contribution in [0.3, 0.4) is 0 Å². The Morgan fingerprint density at radius 3 is 2.44 bits per heavy atom. The van der Waals surface area contributed by atoms with Crippen LogP contribution < -0.4 is 0 Å². The van der Waals surface area contributed by atoms with Crippen LogP contribution in [-0.4, -0.2) is 29.7 Å². The molecule has 0 unspecified atom stereocenters. The molecular weight excluding hydrogens is 331 g/mol. The first-order valence-corrected chi connectivity index (χ1v) is 9.11. The molecule has 2 aromatic carbocycles. The van der Waals surface area contributed by atoms with Crippen LogP contribution >= 0.6 is 0 Å². The van der Waals surface area contributed by atoms with Crippen molar-refractivity contribution in [2.75, 3.05) is 6.54 Å². The number of hydrogen-bond donors (Lipinski definition) is 0. The van der Waals surface area contributed by atoms with Gasteiger partial charge in [0.05, 0.1) is 0 Å². The fourth-order valence-corrected chi connectivity index (χ4v) is 3.89. The Kier molecular flexibility index (Phi) is 3.64. The smallest absolute Gasteiger partial charge is 0.394 e. The van der Waals surface area contributed by atoms with E-state index in [0.717, 1.165) is 18.4 Å². The maximum atomic E-state index is 11.0. The zero-order chi connectivity index (χ0) is 18.4. The van der Waals surface area contributed by atoms with Gasteiger partial charge in [0.1, 0.15) is 6.29 Å². The van der Waals surface area contributed by atoms with Crippen LogP contribution in [0.4, 0.5) is 0 Å². The molecule has 129 valence electrons. The highest BCUT2D eigenvalue weighted by Crippen LogP contribution is 2.41. The Hall–Kier alpha value is -3.27. The van der Waals surface area contributed by atoms with E-state index in [4.69, 9.17) is 0 Å². The minimum Gasteiger partial charge on any atom is -0.394 e. The summed E-state index contributed by atoms with van der Waals surface area (Å²) in [4.78, 5) is 13.3. The minimum atomic E-state index is 0.700. The molecule has 0 saturated carbocycles. The van der Waals surface area contributed by atoms with Crippen molar-refractivity contribution < 1.29 is 4.79 Å². The summed E-state index contributed by atoms with van der Waals surface area (Å²) in [5, 5.41) is 0. The van der Waals surface area contributed by atoms with Gasteiger partial charge < -0.3 is 9.29 Å². The summed E-state index contributed by atoms with van der Waals surface area (Å²) in [6, 6.07) is 20.8. The molecule has 27 heavy (non-hydrogen) atoms. The highest BCUT2D eigenvalue weighted by molar-refractivity contribution is 6.34. The van der Waals surface area contributed by atoms with Gasteiger partial charge in [-0.1, -0.05) is 60.2 Å². The third-order valence-corrected chi connectivity index (χ3v) is 5.27. The van der Waals surface area contributed by atoms with Crippen molar-refractivity contribution in [2.45, 2.75) is 6.92 Å². The van der Waals surface area contributed by atoms with Crippen molar-refractivity contribution in [3.63, 3.8) is 0 Å². The molecule has 2 aliphatic heterocycles. The number of carbonyl (C=O) groups excluding carboxylic acids is 1. The lowest BCUT2D eigenvalue weighted by Gasteiger charge is -2.31. The van der Waals surface area contributed by atoms with E-state index < -0.39 is 0 Å². The lowest BCUT2D eigenvalue weighted by Crippen LogP contribution is -2.34. The first-order chi connectivity index (χ1) is 13.2. The summed E-state index contributed by atoms with van der Waals surface area (Å²) < 4.78 is 2.19. The summed E-state index contributed by atoms with van der Waals surface area (Å²) in [6.45, 7) is 2.95. The Labute approximate surface area is 159 Å². The molecule has 0 spiro atoms. The average Bonchev–Trinajstić information content (AvgIpc) is 3.34. The van der Waals surface area contributed by atoms with Crippen LogP contribution in [0.15, 0.2) is 78.6 Å². The largest absolute Gasteiger partial charge is 0.396 e. The van der Waals surface area contributed by atoms with Gasteiger partial charge >= 0.3 is 7.55 Å². The van der Waals surface area contributed by atoms with E-state index in [-0.39, 0.29) is 0 Å². The second-order valence-electron chi connectivity index (χ2n) is 7.02. The van der Waals surface area contributed by atoms with Crippen LogP contribution in [0, 0.1) is 6.92 Å². The van der Waals surface area contributed by atoms with Gasteiger partial charge in [-0.25, -0.2) is 0 Å². The molecule has 1 radical (unpaired) electrons. The number of benzene rings is 2. The fraction of sp³-hybridized carbons (Fsp3) is 0.0870. The number of allylic oxidation sites excluding steroid dienone is 1. The third kappa shape index (κ3) is 2.56. The van der Waals surface area contributed by atoms with E-state index in [2.05, 4.69) is 72.4 Å². The number of aromatic nitrogens is 1. The fourth-order valence-electron chi connectivity index (χ4n) is 3.89. The predicted molar refractivity (Wildman–Crippen MR) is 109 cm³/mol. The molecular formula is C23H18BN2O. The monoisotopic (exact) mass is 349 g/mol. The highest BCUT2D eigenvalue weighted by Gasteiger charge is 2.32. The van der Waals surface area contributed by atoms with Crippen molar-refractivity contribution in [3.05, 3.63) is 107 Å². The molecule has 0 saturated heterocycles. The number of carbonyl (C=O) groups is 1. The minimum absolute atomic E-state index is 0.700. The van der Waals surface area contributed by atoms with Gasteiger partial charge in [-0.05, 0) is 36.4 Å². The molecule has 0 aliphatic carbocycles. The van der Waals surface area contributed by atoms with Gasteiger partial charge in [0.2, 0.25) is 0 Å². The Morgan fingerprint density at radius 1 is 0.963 bits per heavy atom. The van der Waals surface area contributed by atoms with E-state index in [9.17, 15) is 4.79 Å². The Balaban J connectivity index is 1.72. The van der Waals surface area contributed by atoms with Crippen LogP contribution in [-0.2, 0) is 0 Å². The summed E-state index contributed by atoms with van der Waals surface area (Å²) in [5.74, 6) is 0. The molecule has 0 amide bonds. The molecule has 3 nitrogen and oxygen atoms in total. The molecule has 0 N–H and O–H groups in total. The number of fused-ring (bicyclic) bond motifs is 2. The number of hydrogen-bond acceptors (Lipinski definition) is 2.